The van der Waals surface area contributed by atoms with Crippen molar-refractivity contribution in [1.82, 2.24) is 15.0 Å². The van der Waals surface area contributed by atoms with Gasteiger partial charge in [-0.1, -0.05) is 13.0 Å². The quantitative estimate of drug-likeness (QED) is 0.792. The molecule has 0 aliphatic carbocycles. The van der Waals surface area contributed by atoms with E-state index in [-0.39, 0.29) is 5.03 Å². The summed E-state index contributed by atoms with van der Waals surface area (Å²) >= 11 is 1.88. The van der Waals surface area contributed by atoms with Crippen LogP contribution in [0.5, 0.6) is 0 Å². The highest BCUT2D eigenvalue weighted by molar-refractivity contribution is 7.99. The lowest BCUT2D eigenvalue weighted by Crippen LogP contribution is -2.30. The number of nitrogens with one attached hydrogen (secondary N) is 2. The van der Waals surface area contributed by atoms with Crippen molar-refractivity contribution in [1.29, 1.82) is 0 Å². The Morgan fingerprint density at radius 1 is 1.45 bits per heavy atom. The zero-order valence-electron chi connectivity index (χ0n) is 11.6. The van der Waals surface area contributed by atoms with Crippen molar-refractivity contribution >= 4 is 21.8 Å². The van der Waals surface area contributed by atoms with Crippen molar-refractivity contribution in [3.05, 3.63) is 23.9 Å². The fourth-order valence-electron chi connectivity index (χ4n) is 1.99. The summed E-state index contributed by atoms with van der Waals surface area (Å²) in [6, 6.07) is 3.37. The van der Waals surface area contributed by atoms with Gasteiger partial charge >= 0.3 is 0 Å². The largest absolute Gasteiger partial charge is 0.313 e. The van der Waals surface area contributed by atoms with Gasteiger partial charge in [0.05, 0.1) is 0 Å². The monoisotopic (exact) mass is 315 g/mol. The Morgan fingerprint density at radius 3 is 2.90 bits per heavy atom. The summed E-state index contributed by atoms with van der Waals surface area (Å²) in [4.78, 5) is 4.05. The molecule has 0 radical (unpaired) electrons. The third-order valence-electron chi connectivity index (χ3n) is 3.24. The Labute approximate surface area is 125 Å². The molecule has 0 aromatic carbocycles. The molecule has 1 aliphatic heterocycles. The molecule has 1 aliphatic rings. The summed E-state index contributed by atoms with van der Waals surface area (Å²) < 4.78 is 26.9. The van der Waals surface area contributed by atoms with Gasteiger partial charge in [-0.3, -0.25) is 0 Å². The molecule has 0 amide bonds. The lowest BCUT2D eigenvalue weighted by Gasteiger charge is -2.10. The second-order valence-corrected chi connectivity index (χ2v) is 7.73. The van der Waals surface area contributed by atoms with Gasteiger partial charge in [0.15, 0.2) is 5.03 Å². The van der Waals surface area contributed by atoms with Crippen LogP contribution in [-0.2, 0) is 16.6 Å². The first kappa shape index (κ1) is 15.8. The second-order valence-electron chi connectivity index (χ2n) is 4.87. The van der Waals surface area contributed by atoms with Crippen molar-refractivity contribution < 1.29 is 8.42 Å². The highest BCUT2D eigenvalue weighted by atomic mass is 32.2. The van der Waals surface area contributed by atoms with Crippen molar-refractivity contribution in [3.8, 4) is 0 Å². The number of rotatable bonds is 7. The molecule has 1 fully saturated rings. The molecular formula is C13H21N3O2S2. The van der Waals surface area contributed by atoms with Gasteiger partial charge in [-0.25, -0.2) is 18.1 Å². The normalized spacial score (nSPS) is 19.4. The lowest BCUT2D eigenvalue weighted by molar-refractivity contribution is 0.543. The Bertz CT molecular complexity index is 511. The van der Waals surface area contributed by atoms with Crippen molar-refractivity contribution in [2.45, 2.75) is 24.9 Å². The molecule has 1 unspecified atom stereocenters. The maximum Gasteiger partial charge on any atom is 0.258 e. The number of pyridine rings is 1. The average Bonchev–Trinajstić information content (AvgIpc) is 2.97. The van der Waals surface area contributed by atoms with E-state index in [0.29, 0.717) is 19.0 Å². The summed E-state index contributed by atoms with van der Waals surface area (Å²) in [5.74, 6) is 2.62. The smallest absolute Gasteiger partial charge is 0.258 e. The highest BCUT2D eigenvalue weighted by Crippen LogP contribution is 2.22. The molecule has 1 atom stereocenters. The van der Waals surface area contributed by atoms with Gasteiger partial charge in [0.2, 0.25) is 0 Å². The van der Waals surface area contributed by atoms with E-state index >= 15 is 0 Å². The molecule has 7 heteroatoms. The van der Waals surface area contributed by atoms with E-state index in [9.17, 15) is 8.42 Å². The minimum absolute atomic E-state index is 0.100. The number of nitrogens with zero attached hydrogens (tertiary/aromatic N) is 1. The molecule has 2 heterocycles. The predicted octanol–water partition coefficient (Wildman–Crippen LogP) is 1.22. The molecule has 0 saturated carbocycles. The van der Waals surface area contributed by atoms with Gasteiger partial charge < -0.3 is 5.32 Å². The zero-order valence-corrected chi connectivity index (χ0v) is 13.3. The van der Waals surface area contributed by atoms with Crippen molar-refractivity contribution in [2.24, 2.45) is 5.92 Å². The van der Waals surface area contributed by atoms with Gasteiger partial charge in [0, 0.05) is 19.3 Å². The molecular weight excluding hydrogens is 294 g/mol. The van der Waals surface area contributed by atoms with Gasteiger partial charge in [0.1, 0.15) is 0 Å². The number of sulfonamides is 1. The Kier molecular flexibility index (Phi) is 5.83. The van der Waals surface area contributed by atoms with Crippen LogP contribution in [0.1, 0.15) is 18.9 Å². The van der Waals surface area contributed by atoms with E-state index in [1.165, 1.54) is 0 Å². The number of hydrogen-bond donors (Lipinski definition) is 2. The maximum absolute atomic E-state index is 12.1. The van der Waals surface area contributed by atoms with Gasteiger partial charge in [0.25, 0.3) is 10.0 Å². The fraction of sp³-hybridized carbons (Fsp3) is 0.615. The second kappa shape index (κ2) is 7.40. The molecule has 20 heavy (non-hydrogen) atoms. The Hall–Kier alpha value is -0.630. The first-order valence-electron chi connectivity index (χ1n) is 6.85. The molecule has 0 bridgehead atoms. The summed E-state index contributed by atoms with van der Waals surface area (Å²) in [6.07, 6.45) is 2.70. The average molecular weight is 315 g/mol. The SMILES string of the molecule is CCNCc1ccc(S(=O)(=O)NCC2CCSC2)nc1. The lowest BCUT2D eigenvalue weighted by atomic mass is 10.1. The van der Waals surface area contributed by atoms with E-state index in [4.69, 9.17) is 0 Å². The van der Waals surface area contributed by atoms with Gasteiger partial charge in [-0.15, -0.1) is 0 Å². The van der Waals surface area contributed by atoms with Crippen LogP contribution in [0.15, 0.2) is 23.4 Å². The molecule has 2 rings (SSSR count). The van der Waals surface area contributed by atoms with E-state index < -0.39 is 10.0 Å². The van der Waals surface area contributed by atoms with Crippen LogP contribution < -0.4 is 10.0 Å². The van der Waals surface area contributed by atoms with Crippen LogP contribution in [0.3, 0.4) is 0 Å². The molecule has 1 aromatic rings. The number of aromatic nitrogens is 1. The van der Waals surface area contributed by atoms with Gasteiger partial charge in [-0.05, 0) is 42.0 Å². The molecule has 5 nitrogen and oxygen atoms in total. The summed E-state index contributed by atoms with van der Waals surface area (Å²) in [6.45, 7) is 4.12. The topological polar surface area (TPSA) is 71.1 Å². The van der Waals surface area contributed by atoms with Crippen molar-refractivity contribution in [3.63, 3.8) is 0 Å². The highest BCUT2D eigenvalue weighted by Gasteiger charge is 2.20. The van der Waals surface area contributed by atoms with Gasteiger partial charge in [-0.2, -0.15) is 11.8 Å². The van der Waals surface area contributed by atoms with E-state index in [1.54, 1.807) is 18.3 Å². The molecule has 2 N–H and O–H groups in total. The first-order chi connectivity index (χ1) is 9.62. The van der Waals surface area contributed by atoms with Crippen LogP contribution >= 0.6 is 11.8 Å². The molecule has 112 valence electrons. The van der Waals surface area contributed by atoms with E-state index in [1.807, 2.05) is 18.7 Å². The minimum Gasteiger partial charge on any atom is -0.313 e. The molecule has 1 saturated heterocycles. The maximum atomic E-state index is 12.1. The third kappa shape index (κ3) is 4.44. The summed E-state index contributed by atoms with van der Waals surface area (Å²) in [7, 11) is -3.48. The molecule has 0 spiro atoms. The minimum atomic E-state index is -3.48. The first-order valence-corrected chi connectivity index (χ1v) is 9.48. The standard InChI is InChI=1S/C13H21N3O2S2/c1-2-14-7-11-3-4-13(15-8-11)20(17,18)16-9-12-5-6-19-10-12/h3-4,8,12,14,16H,2,5-7,9-10H2,1H3. The van der Waals surface area contributed by atoms with E-state index in [0.717, 1.165) is 30.0 Å². The predicted molar refractivity (Wildman–Crippen MR) is 82.2 cm³/mol. The van der Waals surface area contributed by atoms with Crippen LogP contribution in [0.25, 0.3) is 0 Å². The Balaban J connectivity index is 1.94. The van der Waals surface area contributed by atoms with Crippen LogP contribution in [0.2, 0.25) is 0 Å². The van der Waals surface area contributed by atoms with E-state index in [2.05, 4.69) is 15.0 Å². The molecule has 1 aromatic heterocycles. The van der Waals surface area contributed by atoms with Crippen LogP contribution in [-0.4, -0.2) is 38.0 Å². The fourth-order valence-corrected chi connectivity index (χ4v) is 4.32. The van der Waals surface area contributed by atoms with Crippen LogP contribution in [0.4, 0.5) is 0 Å². The Morgan fingerprint density at radius 2 is 2.30 bits per heavy atom. The van der Waals surface area contributed by atoms with Crippen molar-refractivity contribution in [2.75, 3.05) is 24.6 Å². The third-order valence-corrected chi connectivity index (χ3v) is 5.81. The summed E-state index contributed by atoms with van der Waals surface area (Å²) in [5.41, 5.74) is 0.984. The number of hydrogen-bond acceptors (Lipinski definition) is 5. The van der Waals surface area contributed by atoms with Crippen LogP contribution in [0, 0.1) is 5.92 Å². The zero-order chi connectivity index (χ0) is 14.4. The number of thioether (sulfide) groups is 1. The summed E-state index contributed by atoms with van der Waals surface area (Å²) in [5, 5.41) is 3.28.